The lowest BCUT2D eigenvalue weighted by molar-refractivity contribution is 0.333. The van der Waals surface area contributed by atoms with E-state index in [2.05, 4.69) is 110 Å². The molecule has 0 unspecified atom stereocenters. The predicted octanol–water partition coefficient (Wildman–Crippen LogP) is 6.36. The lowest BCUT2D eigenvalue weighted by Gasteiger charge is -2.34. The van der Waals surface area contributed by atoms with Gasteiger partial charge in [0.05, 0.1) is 6.16 Å². The van der Waals surface area contributed by atoms with E-state index in [4.69, 9.17) is 0 Å². The van der Waals surface area contributed by atoms with Crippen molar-refractivity contribution in [3.05, 3.63) is 103 Å². The molecule has 0 aliphatic heterocycles. The molecule has 0 atom stereocenters. The minimum atomic E-state index is -1.67. The summed E-state index contributed by atoms with van der Waals surface area (Å²) in [6.45, 7) is 2.16. The van der Waals surface area contributed by atoms with Crippen molar-refractivity contribution < 1.29 is 0 Å². The van der Waals surface area contributed by atoms with E-state index in [9.17, 15) is 0 Å². The van der Waals surface area contributed by atoms with Crippen LogP contribution < -0.4 is 15.9 Å². The Morgan fingerprint density at radius 1 is 0.655 bits per heavy atom. The monoisotopic (exact) mass is 399 g/mol. The Labute approximate surface area is 177 Å². The maximum Gasteiger partial charge on any atom is 0.112 e. The molecular weight excluding hydrogens is 367 g/mol. The molecule has 0 nitrogen and oxygen atoms in total. The maximum atomic E-state index is 2.42. The van der Waals surface area contributed by atoms with Crippen molar-refractivity contribution in [3.8, 4) is 0 Å². The zero-order valence-corrected chi connectivity index (χ0v) is 18.3. The van der Waals surface area contributed by atoms with Crippen LogP contribution in [-0.2, 0) is 0 Å². The normalized spacial score (nSPS) is 20.0. The van der Waals surface area contributed by atoms with E-state index in [1.165, 1.54) is 47.8 Å². The molecule has 0 radical (unpaired) electrons. The highest BCUT2D eigenvalue weighted by Gasteiger charge is 2.47. The lowest BCUT2D eigenvalue weighted by atomic mass is 9.83. The standard InChI is InChI=1S/C28H32P/c1-2-12-24-19-21-25(22-20-24)23-29(26-13-6-3-7-14-26,27-15-8-4-9-16-27)28-17-10-5-11-18-28/h2-18,24-25H,19-23H2,1H3/q+1. The van der Waals surface area contributed by atoms with Gasteiger partial charge >= 0.3 is 0 Å². The zero-order valence-electron chi connectivity index (χ0n) is 17.5. The summed E-state index contributed by atoms with van der Waals surface area (Å²) in [5, 5.41) is 4.56. The molecule has 3 aromatic carbocycles. The molecule has 1 heteroatoms. The Morgan fingerprint density at radius 3 is 1.45 bits per heavy atom. The van der Waals surface area contributed by atoms with Crippen LogP contribution in [0.2, 0.25) is 0 Å². The van der Waals surface area contributed by atoms with E-state index in [-0.39, 0.29) is 0 Å². The molecule has 1 aliphatic rings. The number of hydrogen-bond acceptors (Lipinski definition) is 0. The van der Waals surface area contributed by atoms with E-state index < -0.39 is 7.26 Å². The van der Waals surface area contributed by atoms with Gasteiger partial charge in [0.2, 0.25) is 0 Å². The van der Waals surface area contributed by atoms with Crippen LogP contribution in [0.25, 0.3) is 0 Å². The number of allylic oxidation sites excluding steroid dienone is 2. The van der Waals surface area contributed by atoms with Crippen LogP contribution in [0.15, 0.2) is 103 Å². The molecule has 0 amide bonds. The van der Waals surface area contributed by atoms with Gasteiger partial charge < -0.3 is 0 Å². The smallest absolute Gasteiger partial charge is 0.0914 e. The van der Waals surface area contributed by atoms with Crippen molar-refractivity contribution in [1.29, 1.82) is 0 Å². The Bertz CT molecular complexity index is 794. The highest BCUT2D eigenvalue weighted by molar-refractivity contribution is 7.95. The zero-order chi connectivity index (χ0) is 19.9. The molecule has 0 spiro atoms. The Morgan fingerprint density at radius 2 is 1.07 bits per heavy atom. The van der Waals surface area contributed by atoms with E-state index in [0.717, 1.165) is 11.8 Å². The third-order valence-corrected chi connectivity index (χ3v) is 11.1. The molecule has 1 fully saturated rings. The Balaban J connectivity index is 1.78. The molecule has 0 saturated heterocycles. The molecule has 0 aromatic heterocycles. The van der Waals surface area contributed by atoms with E-state index in [1.54, 1.807) is 0 Å². The topological polar surface area (TPSA) is 0 Å². The minimum Gasteiger partial charge on any atom is -0.0914 e. The first kappa shape index (κ1) is 20.1. The van der Waals surface area contributed by atoms with Crippen LogP contribution in [0.3, 0.4) is 0 Å². The first-order valence-corrected chi connectivity index (χ1v) is 13.0. The van der Waals surface area contributed by atoms with Crippen LogP contribution in [0.4, 0.5) is 0 Å². The molecule has 4 rings (SSSR count). The van der Waals surface area contributed by atoms with Gasteiger partial charge in [0.15, 0.2) is 0 Å². The summed E-state index contributed by atoms with van der Waals surface area (Å²) >= 11 is 0. The van der Waals surface area contributed by atoms with Crippen molar-refractivity contribution in [2.75, 3.05) is 6.16 Å². The highest BCUT2D eigenvalue weighted by Crippen LogP contribution is 2.58. The van der Waals surface area contributed by atoms with Crippen LogP contribution >= 0.6 is 7.26 Å². The number of benzene rings is 3. The number of rotatable bonds is 6. The third kappa shape index (κ3) is 4.39. The Hall–Kier alpha value is -2.17. The fraction of sp³-hybridized carbons (Fsp3) is 0.286. The van der Waals surface area contributed by atoms with E-state index in [0.29, 0.717) is 0 Å². The van der Waals surface area contributed by atoms with E-state index in [1.807, 2.05) is 0 Å². The van der Waals surface area contributed by atoms with Gasteiger partial charge in [-0.2, -0.15) is 0 Å². The second kappa shape index (κ2) is 9.55. The van der Waals surface area contributed by atoms with Gasteiger partial charge in [-0.3, -0.25) is 0 Å². The molecule has 1 aliphatic carbocycles. The summed E-state index contributed by atoms with van der Waals surface area (Å²) in [6, 6.07) is 34.0. The summed E-state index contributed by atoms with van der Waals surface area (Å²) in [4.78, 5) is 0. The largest absolute Gasteiger partial charge is 0.112 e. The number of hydrogen-bond donors (Lipinski definition) is 0. The van der Waals surface area contributed by atoms with Gasteiger partial charge in [0.1, 0.15) is 23.2 Å². The fourth-order valence-electron chi connectivity index (χ4n) is 5.03. The van der Waals surface area contributed by atoms with Crippen LogP contribution in [-0.4, -0.2) is 6.16 Å². The van der Waals surface area contributed by atoms with Crippen molar-refractivity contribution in [2.45, 2.75) is 32.6 Å². The molecule has 0 heterocycles. The molecule has 0 bridgehead atoms. The van der Waals surface area contributed by atoms with Gasteiger partial charge in [-0.1, -0.05) is 66.7 Å². The third-order valence-electron chi connectivity index (χ3n) is 6.48. The summed E-state index contributed by atoms with van der Waals surface area (Å²) in [7, 11) is -1.67. The van der Waals surface area contributed by atoms with Crippen LogP contribution in [0, 0.1) is 11.8 Å². The quantitative estimate of drug-likeness (QED) is 0.334. The van der Waals surface area contributed by atoms with Crippen LogP contribution in [0.1, 0.15) is 32.6 Å². The van der Waals surface area contributed by atoms with Crippen molar-refractivity contribution in [2.24, 2.45) is 11.8 Å². The summed E-state index contributed by atoms with van der Waals surface area (Å²) in [5.74, 6) is 1.58. The van der Waals surface area contributed by atoms with Gasteiger partial charge in [-0.05, 0) is 80.8 Å². The minimum absolute atomic E-state index is 0.786. The van der Waals surface area contributed by atoms with E-state index >= 15 is 0 Å². The molecule has 3 aromatic rings. The molecule has 1 saturated carbocycles. The lowest BCUT2D eigenvalue weighted by Crippen LogP contribution is -2.36. The molecule has 29 heavy (non-hydrogen) atoms. The fourth-order valence-corrected chi connectivity index (χ4v) is 9.74. The summed E-state index contributed by atoms with van der Waals surface area (Å²) in [6.07, 6.45) is 11.3. The van der Waals surface area contributed by atoms with Gasteiger partial charge in [-0.15, -0.1) is 0 Å². The molecule has 0 N–H and O–H groups in total. The average molecular weight is 400 g/mol. The second-order valence-corrected chi connectivity index (χ2v) is 11.8. The maximum absolute atomic E-state index is 2.42. The Kier molecular flexibility index (Phi) is 6.63. The SMILES string of the molecule is CC=CC1CCC(C[P+](c2ccccc2)(c2ccccc2)c2ccccc2)CC1. The van der Waals surface area contributed by atoms with Gasteiger partial charge in [-0.25, -0.2) is 0 Å². The van der Waals surface area contributed by atoms with Gasteiger partial charge in [0.25, 0.3) is 0 Å². The summed E-state index contributed by atoms with van der Waals surface area (Å²) < 4.78 is 0. The highest BCUT2D eigenvalue weighted by atomic mass is 31.2. The van der Waals surface area contributed by atoms with Crippen molar-refractivity contribution >= 4 is 23.2 Å². The second-order valence-electron chi connectivity index (χ2n) is 8.31. The average Bonchev–Trinajstić information content (AvgIpc) is 2.80. The first-order chi connectivity index (χ1) is 14.3. The summed E-state index contributed by atoms with van der Waals surface area (Å²) in [5.41, 5.74) is 0. The predicted molar refractivity (Wildman–Crippen MR) is 130 cm³/mol. The first-order valence-electron chi connectivity index (χ1n) is 11.0. The van der Waals surface area contributed by atoms with Crippen LogP contribution in [0.5, 0.6) is 0 Å². The molecule has 148 valence electrons. The van der Waals surface area contributed by atoms with Crippen molar-refractivity contribution in [3.63, 3.8) is 0 Å². The van der Waals surface area contributed by atoms with Gasteiger partial charge in [0, 0.05) is 0 Å². The van der Waals surface area contributed by atoms with Crippen molar-refractivity contribution in [1.82, 2.24) is 0 Å². The molecular formula is C28H32P+.